The molecule has 0 saturated carbocycles. The summed E-state index contributed by atoms with van der Waals surface area (Å²) in [5, 5.41) is 20.9. The average molecular weight is 374 g/mol. The van der Waals surface area contributed by atoms with E-state index in [2.05, 4.69) is 48.5 Å². The van der Waals surface area contributed by atoms with Crippen molar-refractivity contribution in [1.82, 2.24) is 0 Å². The first-order valence-corrected chi connectivity index (χ1v) is 8.79. The van der Waals surface area contributed by atoms with Crippen molar-refractivity contribution in [3.05, 3.63) is 96.6 Å². The van der Waals surface area contributed by atoms with Gasteiger partial charge >= 0.3 is 5.97 Å². The zero-order chi connectivity index (χ0) is 20.4. The summed E-state index contributed by atoms with van der Waals surface area (Å²) in [7, 11) is 0. The van der Waals surface area contributed by atoms with Crippen LogP contribution < -0.4 is 0 Å². The quantitative estimate of drug-likeness (QED) is 0.493. The number of aliphatic carboxylic acids is 2. The Morgan fingerprint density at radius 2 is 1.04 bits per heavy atom. The van der Waals surface area contributed by atoms with Gasteiger partial charge in [0.05, 0.1) is 6.42 Å². The molecule has 4 rings (SSSR count). The fourth-order valence-electron chi connectivity index (χ4n) is 2.74. The fraction of sp³-hybridized carbons (Fsp3) is 0.0833. The van der Waals surface area contributed by atoms with Crippen molar-refractivity contribution in [2.45, 2.75) is 13.3 Å². The summed E-state index contributed by atoms with van der Waals surface area (Å²) in [5.74, 6) is -1.62. The van der Waals surface area contributed by atoms with Crippen LogP contribution in [0.2, 0.25) is 0 Å². The number of hydrogen-bond donors (Lipinski definition) is 2. The second-order valence-corrected chi connectivity index (χ2v) is 6.07. The highest BCUT2D eigenvalue weighted by molar-refractivity contribution is 5.88. The molecule has 0 aliphatic rings. The van der Waals surface area contributed by atoms with Gasteiger partial charge in [0.2, 0.25) is 0 Å². The topological polar surface area (TPSA) is 74.6 Å². The normalized spacial score (nSPS) is 9.61. The van der Waals surface area contributed by atoms with Gasteiger partial charge in [-0.05, 0) is 27.1 Å². The predicted molar refractivity (Wildman–Crippen MR) is 113 cm³/mol. The molecule has 0 fully saturated rings. The largest absolute Gasteiger partial charge is 0.481 e. The molecule has 0 unspecified atom stereocenters. The van der Waals surface area contributed by atoms with Crippen LogP contribution in [0, 0.1) is 0 Å². The van der Waals surface area contributed by atoms with Crippen LogP contribution >= 0.6 is 0 Å². The minimum Gasteiger partial charge on any atom is -0.481 e. The van der Waals surface area contributed by atoms with Crippen LogP contribution in [0.25, 0.3) is 21.5 Å². The summed E-state index contributed by atoms with van der Waals surface area (Å²) in [5.41, 5.74) is 0.871. The fourth-order valence-corrected chi connectivity index (χ4v) is 2.74. The molecule has 0 heterocycles. The molecule has 142 valence electrons. The molecule has 0 spiro atoms. The Morgan fingerprint density at radius 1 is 0.643 bits per heavy atom. The van der Waals surface area contributed by atoms with Gasteiger partial charge in [-0.3, -0.25) is 9.59 Å². The molecule has 0 aliphatic carbocycles. The molecule has 0 amide bonds. The Bertz CT molecular complexity index is 995. The summed E-state index contributed by atoms with van der Waals surface area (Å²) in [6, 6.07) is 30.3. The van der Waals surface area contributed by atoms with Gasteiger partial charge in [-0.1, -0.05) is 91.0 Å². The van der Waals surface area contributed by atoms with E-state index in [9.17, 15) is 4.79 Å². The lowest BCUT2D eigenvalue weighted by Gasteiger charge is -2.02. The van der Waals surface area contributed by atoms with E-state index in [1.165, 1.54) is 10.8 Å². The van der Waals surface area contributed by atoms with Crippen LogP contribution in [0.4, 0.5) is 0 Å². The number of benzene rings is 4. The van der Waals surface area contributed by atoms with Crippen molar-refractivity contribution in [2.24, 2.45) is 0 Å². The van der Waals surface area contributed by atoms with Crippen LogP contribution in [0.1, 0.15) is 12.5 Å². The highest BCUT2D eigenvalue weighted by atomic mass is 16.4. The minimum atomic E-state index is -0.833. The molecule has 4 aromatic carbocycles. The first-order chi connectivity index (χ1) is 13.5. The number of rotatable bonds is 2. The highest BCUT2D eigenvalue weighted by Crippen LogP contribution is 2.18. The van der Waals surface area contributed by atoms with Gasteiger partial charge in [-0.25, -0.2) is 0 Å². The van der Waals surface area contributed by atoms with Gasteiger partial charge in [-0.2, -0.15) is 0 Å². The molecule has 0 bridgehead atoms. The van der Waals surface area contributed by atoms with Crippen molar-refractivity contribution in [3.63, 3.8) is 0 Å². The number of carbonyl (C=O) groups is 2. The van der Waals surface area contributed by atoms with Crippen LogP contribution in [0.5, 0.6) is 0 Å². The molecule has 2 N–H and O–H groups in total. The van der Waals surface area contributed by atoms with E-state index in [0.29, 0.717) is 0 Å². The zero-order valence-electron chi connectivity index (χ0n) is 15.6. The van der Waals surface area contributed by atoms with Gasteiger partial charge in [-0.15, -0.1) is 0 Å². The first kappa shape index (κ1) is 20.6. The van der Waals surface area contributed by atoms with Crippen LogP contribution in [-0.2, 0) is 16.0 Å². The summed E-state index contributed by atoms with van der Waals surface area (Å²) in [6.45, 7) is 1.08. The Balaban J connectivity index is 0.000000175. The molecule has 28 heavy (non-hydrogen) atoms. The summed E-state index contributed by atoms with van der Waals surface area (Å²) in [6.07, 6.45) is 0.0847. The average Bonchev–Trinajstić information content (AvgIpc) is 2.68. The van der Waals surface area contributed by atoms with Crippen molar-refractivity contribution >= 4 is 33.5 Å². The summed E-state index contributed by atoms with van der Waals surface area (Å²) < 4.78 is 0. The molecule has 4 heteroatoms. The van der Waals surface area contributed by atoms with Crippen LogP contribution in [0.15, 0.2) is 91.0 Å². The molecule has 0 saturated heterocycles. The predicted octanol–water partition coefficient (Wildman–Crippen LogP) is 5.40. The maximum absolute atomic E-state index is 10.6. The lowest BCUT2D eigenvalue weighted by atomic mass is 10.0. The Kier molecular flexibility index (Phi) is 7.73. The smallest absolute Gasteiger partial charge is 0.307 e. The third kappa shape index (κ3) is 6.57. The number of carboxylic acid groups (broad SMARTS) is 2. The molecule has 0 atom stereocenters. The molecule has 0 aromatic heterocycles. The van der Waals surface area contributed by atoms with Gasteiger partial charge in [0.25, 0.3) is 5.97 Å². The molecule has 4 aromatic rings. The number of hydrogen-bond acceptors (Lipinski definition) is 2. The van der Waals surface area contributed by atoms with E-state index in [-0.39, 0.29) is 6.42 Å². The number of carboxylic acids is 2. The lowest BCUT2D eigenvalue weighted by Crippen LogP contribution is -2.00. The Hall–Kier alpha value is -3.66. The zero-order valence-corrected chi connectivity index (χ0v) is 15.6. The van der Waals surface area contributed by atoms with Crippen LogP contribution in [0.3, 0.4) is 0 Å². The van der Waals surface area contributed by atoms with Crippen LogP contribution in [-0.4, -0.2) is 22.2 Å². The first-order valence-electron chi connectivity index (χ1n) is 8.79. The molecule has 4 nitrogen and oxygen atoms in total. The molecule has 0 radical (unpaired) electrons. The van der Waals surface area contributed by atoms with Gasteiger partial charge in [0, 0.05) is 6.92 Å². The van der Waals surface area contributed by atoms with Crippen molar-refractivity contribution in [2.75, 3.05) is 0 Å². The maximum atomic E-state index is 10.6. The number of fused-ring (bicyclic) bond motifs is 2. The van der Waals surface area contributed by atoms with Gasteiger partial charge in [0.15, 0.2) is 0 Å². The monoisotopic (exact) mass is 374 g/mol. The molecular formula is C24H22O4. The lowest BCUT2D eigenvalue weighted by molar-refractivity contribution is -0.136. The maximum Gasteiger partial charge on any atom is 0.307 e. The van der Waals surface area contributed by atoms with E-state index in [0.717, 1.165) is 23.3 Å². The van der Waals surface area contributed by atoms with Gasteiger partial charge < -0.3 is 10.2 Å². The van der Waals surface area contributed by atoms with E-state index in [1.54, 1.807) is 0 Å². The van der Waals surface area contributed by atoms with E-state index in [1.807, 2.05) is 42.5 Å². The summed E-state index contributed by atoms with van der Waals surface area (Å²) in [4.78, 5) is 19.6. The second-order valence-electron chi connectivity index (χ2n) is 6.07. The minimum absolute atomic E-state index is 0.0847. The van der Waals surface area contributed by atoms with Crippen molar-refractivity contribution in [3.8, 4) is 0 Å². The third-order valence-corrected chi connectivity index (χ3v) is 3.88. The van der Waals surface area contributed by atoms with E-state index in [4.69, 9.17) is 15.0 Å². The third-order valence-electron chi connectivity index (χ3n) is 3.88. The van der Waals surface area contributed by atoms with E-state index >= 15 is 0 Å². The summed E-state index contributed by atoms with van der Waals surface area (Å²) >= 11 is 0. The SMILES string of the molecule is CC(=O)O.O=C(O)Cc1cccc2ccccc12.c1ccc2ccccc2c1. The van der Waals surface area contributed by atoms with Crippen molar-refractivity contribution in [1.29, 1.82) is 0 Å². The van der Waals surface area contributed by atoms with Crippen molar-refractivity contribution < 1.29 is 19.8 Å². The second kappa shape index (κ2) is 10.5. The molecular weight excluding hydrogens is 352 g/mol. The standard InChI is InChI=1S/C12H10O2.C10H8.C2H4O2/c13-12(14)8-10-6-3-5-9-4-1-2-7-11(9)10;1-2-6-10-8-4-3-7-9(10)5-1;1-2(3)4/h1-7H,8H2,(H,13,14);1-8H;1H3,(H,3,4). The van der Waals surface area contributed by atoms with E-state index < -0.39 is 11.9 Å². The van der Waals surface area contributed by atoms with Gasteiger partial charge in [0.1, 0.15) is 0 Å². The molecule has 0 aliphatic heterocycles. The Labute approximate surface area is 163 Å². The Morgan fingerprint density at radius 3 is 1.50 bits per heavy atom. The highest BCUT2D eigenvalue weighted by Gasteiger charge is 2.03.